The minimum absolute atomic E-state index is 0.439. The molecule has 0 aliphatic heterocycles. The molecule has 0 unspecified atom stereocenters. The first-order valence-electron chi connectivity index (χ1n) is 5.14. The molecule has 0 atom stereocenters. The monoisotopic (exact) mass is 224 g/mol. The molecule has 0 amide bonds. The molecule has 3 aromatic rings. The third-order valence-electron chi connectivity index (χ3n) is 2.53. The maximum absolute atomic E-state index is 10.7. The van der Waals surface area contributed by atoms with Crippen molar-refractivity contribution in [2.75, 3.05) is 0 Å². The molecule has 4 heteroatoms. The highest BCUT2D eigenvalue weighted by molar-refractivity contribution is 5.92. The number of aromatic nitrogens is 2. The Morgan fingerprint density at radius 3 is 2.76 bits per heavy atom. The maximum Gasteiger partial charge on any atom is 0.258 e. The molecular formula is C13H8N2O2. The van der Waals surface area contributed by atoms with E-state index in [9.17, 15) is 4.79 Å². The van der Waals surface area contributed by atoms with Gasteiger partial charge < -0.3 is 4.52 Å². The first-order chi connectivity index (χ1) is 8.38. The Kier molecular flexibility index (Phi) is 2.19. The van der Waals surface area contributed by atoms with E-state index in [1.807, 2.05) is 30.3 Å². The lowest BCUT2D eigenvalue weighted by molar-refractivity contribution is 0.112. The average Bonchev–Trinajstić information content (AvgIpc) is 2.82. The van der Waals surface area contributed by atoms with Gasteiger partial charge in [0, 0.05) is 17.3 Å². The molecule has 4 nitrogen and oxygen atoms in total. The van der Waals surface area contributed by atoms with Crippen molar-refractivity contribution in [2.45, 2.75) is 0 Å². The summed E-state index contributed by atoms with van der Waals surface area (Å²) in [4.78, 5) is 14.8. The highest BCUT2D eigenvalue weighted by Gasteiger charge is 2.11. The van der Waals surface area contributed by atoms with Gasteiger partial charge in [-0.1, -0.05) is 35.5 Å². The van der Waals surface area contributed by atoms with Crippen LogP contribution in [0.15, 0.2) is 47.1 Å². The van der Waals surface area contributed by atoms with Crippen LogP contribution in [-0.4, -0.2) is 16.4 Å². The zero-order valence-corrected chi connectivity index (χ0v) is 8.83. The van der Waals surface area contributed by atoms with Crippen molar-refractivity contribution in [2.24, 2.45) is 0 Å². The topological polar surface area (TPSA) is 56.0 Å². The Morgan fingerprint density at radius 1 is 1.18 bits per heavy atom. The molecule has 2 heterocycles. The first-order valence-corrected chi connectivity index (χ1v) is 5.14. The maximum atomic E-state index is 10.7. The van der Waals surface area contributed by atoms with E-state index in [1.54, 1.807) is 6.07 Å². The quantitative estimate of drug-likeness (QED) is 0.628. The van der Waals surface area contributed by atoms with E-state index < -0.39 is 0 Å². The second-order valence-electron chi connectivity index (χ2n) is 3.64. The number of rotatable bonds is 2. The van der Waals surface area contributed by atoms with Gasteiger partial charge in [0.05, 0.1) is 5.39 Å². The summed E-state index contributed by atoms with van der Waals surface area (Å²) in [5.74, 6) is 0. The molecule has 2 aromatic heterocycles. The molecule has 0 bridgehead atoms. The molecule has 0 saturated carbocycles. The van der Waals surface area contributed by atoms with Crippen LogP contribution in [0.5, 0.6) is 0 Å². The Balaban J connectivity index is 2.27. The summed E-state index contributed by atoms with van der Waals surface area (Å²) in [5, 5.41) is 4.74. The second-order valence-corrected chi connectivity index (χ2v) is 3.64. The van der Waals surface area contributed by atoms with Crippen molar-refractivity contribution in [3.05, 3.63) is 48.2 Å². The number of nitrogens with zero attached hydrogens (tertiary/aromatic N) is 2. The van der Waals surface area contributed by atoms with Crippen molar-refractivity contribution in [3.63, 3.8) is 0 Å². The fourth-order valence-electron chi connectivity index (χ4n) is 1.72. The summed E-state index contributed by atoms with van der Waals surface area (Å²) in [6.45, 7) is 0. The number of aldehydes is 1. The fraction of sp³-hybridized carbons (Fsp3) is 0. The second kappa shape index (κ2) is 3.83. The van der Waals surface area contributed by atoms with Gasteiger partial charge in [0.15, 0.2) is 6.29 Å². The van der Waals surface area contributed by atoms with Crippen molar-refractivity contribution in [1.29, 1.82) is 0 Å². The van der Waals surface area contributed by atoms with Crippen LogP contribution in [0.1, 0.15) is 10.4 Å². The van der Waals surface area contributed by atoms with Crippen molar-refractivity contribution in [1.82, 2.24) is 10.1 Å². The Bertz CT molecular complexity index is 674. The van der Waals surface area contributed by atoms with E-state index in [4.69, 9.17) is 4.52 Å². The summed E-state index contributed by atoms with van der Waals surface area (Å²) in [6, 6.07) is 11.4. The third kappa shape index (κ3) is 1.59. The van der Waals surface area contributed by atoms with Crippen LogP contribution in [0.2, 0.25) is 0 Å². The SMILES string of the molecule is O=Cc1cnc2onc(-c3ccccc3)c2c1. The van der Waals surface area contributed by atoms with Gasteiger partial charge in [0.25, 0.3) is 5.71 Å². The number of carbonyl (C=O) groups is 1. The van der Waals surface area contributed by atoms with Gasteiger partial charge in [-0.05, 0) is 6.07 Å². The lowest BCUT2D eigenvalue weighted by Crippen LogP contribution is -1.83. The highest BCUT2D eigenvalue weighted by atomic mass is 16.5. The number of hydrogen-bond donors (Lipinski definition) is 0. The van der Waals surface area contributed by atoms with Gasteiger partial charge in [-0.25, -0.2) is 4.98 Å². The molecule has 0 aliphatic carbocycles. The van der Waals surface area contributed by atoms with Crippen LogP contribution in [0.4, 0.5) is 0 Å². The van der Waals surface area contributed by atoms with Gasteiger partial charge in [-0.3, -0.25) is 4.79 Å². The molecule has 0 spiro atoms. The predicted octanol–water partition coefficient (Wildman–Crippen LogP) is 2.70. The summed E-state index contributed by atoms with van der Waals surface area (Å²) in [5.41, 5.74) is 2.60. The lowest BCUT2D eigenvalue weighted by atomic mass is 10.1. The molecule has 3 rings (SSSR count). The number of fused-ring (bicyclic) bond motifs is 1. The van der Waals surface area contributed by atoms with Gasteiger partial charge in [-0.2, -0.15) is 0 Å². The molecular weight excluding hydrogens is 216 g/mol. The van der Waals surface area contributed by atoms with Crippen LogP contribution in [-0.2, 0) is 0 Å². The summed E-state index contributed by atoms with van der Waals surface area (Å²) in [6.07, 6.45) is 2.23. The zero-order valence-electron chi connectivity index (χ0n) is 8.83. The van der Waals surface area contributed by atoms with Crippen molar-refractivity contribution in [3.8, 4) is 11.3 Å². The predicted molar refractivity (Wildman–Crippen MR) is 62.6 cm³/mol. The minimum Gasteiger partial charge on any atom is -0.335 e. The molecule has 1 aromatic carbocycles. The average molecular weight is 224 g/mol. The van der Waals surface area contributed by atoms with E-state index in [1.165, 1.54) is 6.20 Å². The van der Waals surface area contributed by atoms with Crippen LogP contribution in [0.25, 0.3) is 22.4 Å². The van der Waals surface area contributed by atoms with E-state index in [2.05, 4.69) is 10.1 Å². The van der Waals surface area contributed by atoms with Gasteiger partial charge in [-0.15, -0.1) is 0 Å². The van der Waals surface area contributed by atoms with Crippen molar-refractivity contribution < 1.29 is 9.32 Å². The normalized spacial score (nSPS) is 10.6. The van der Waals surface area contributed by atoms with Crippen LogP contribution < -0.4 is 0 Å². The zero-order chi connectivity index (χ0) is 11.7. The smallest absolute Gasteiger partial charge is 0.258 e. The number of carbonyl (C=O) groups excluding carboxylic acids is 1. The van der Waals surface area contributed by atoms with E-state index in [0.717, 1.165) is 17.2 Å². The summed E-state index contributed by atoms with van der Waals surface area (Å²) < 4.78 is 5.13. The summed E-state index contributed by atoms with van der Waals surface area (Å²) >= 11 is 0. The molecule has 17 heavy (non-hydrogen) atoms. The van der Waals surface area contributed by atoms with Crippen molar-refractivity contribution >= 4 is 17.4 Å². The molecule has 82 valence electrons. The highest BCUT2D eigenvalue weighted by Crippen LogP contribution is 2.26. The van der Waals surface area contributed by atoms with Crippen LogP contribution in [0, 0.1) is 0 Å². The van der Waals surface area contributed by atoms with Crippen LogP contribution >= 0.6 is 0 Å². The number of benzene rings is 1. The number of hydrogen-bond acceptors (Lipinski definition) is 4. The third-order valence-corrected chi connectivity index (χ3v) is 2.53. The first kappa shape index (κ1) is 9.72. The fourth-order valence-corrected chi connectivity index (χ4v) is 1.72. The Labute approximate surface area is 96.9 Å². The number of pyridine rings is 1. The molecule has 0 saturated heterocycles. The lowest BCUT2D eigenvalue weighted by Gasteiger charge is -1.95. The van der Waals surface area contributed by atoms with E-state index >= 15 is 0 Å². The Morgan fingerprint density at radius 2 is 2.00 bits per heavy atom. The van der Waals surface area contributed by atoms with E-state index in [0.29, 0.717) is 17.0 Å². The van der Waals surface area contributed by atoms with Gasteiger partial charge in [0.2, 0.25) is 0 Å². The van der Waals surface area contributed by atoms with Gasteiger partial charge in [0.1, 0.15) is 5.69 Å². The minimum atomic E-state index is 0.439. The standard InChI is InChI=1S/C13H8N2O2/c16-8-9-6-11-12(10-4-2-1-3-5-10)15-17-13(11)14-7-9/h1-8H. The molecule has 0 N–H and O–H groups in total. The summed E-state index contributed by atoms with van der Waals surface area (Å²) in [7, 11) is 0. The molecule has 0 aliphatic rings. The van der Waals surface area contributed by atoms with E-state index in [-0.39, 0.29) is 0 Å². The largest absolute Gasteiger partial charge is 0.335 e. The molecule has 0 radical (unpaired) electrons. The Hall–Kier alpha value is -2.49. The van der Waals surface area contributed by atoms with Crippen LogP contribution in [0.3, 0.4) is 0 Å². The van der Waals surface area contributed by atoms with Gasteiger partial charge >= 0.3 is 0 Å². The molecule has 0 fully saturated rings.